The van der Waals surface area contributed by atoms with Gasteiger partial charge in [0, 0.05) is 5.71 Å². The number of hydrogen-bond donors (Lipinski definition) is 2. The third kappa shape index (κ3) is 3.37. The zero-order valence-corrected chi connectivity index (χ0v) is 7.05. The fourth-order valence-corrected chi connectivity index (χ4v) is 1.38. The summed E-state index contributed by atoms with van der Waals surface area (Å²) in [7, 11) is 0. The fourth-order valence-electron chi connectivity index (χ4n) is 1.38. The van der Waals surface area contributed by atoms with Gasteiger partial charge in [0.2, 0.25) is 0 Å². The Bertz CT molecular complexity index is 179. The van der Waals surface area contributed by atoms with Gasteiger partial charge in [0.25, 0.3) is 0 Å². The van der Waals surface area contributed by atoms with E-state index in [1.54, 1.807) is 0 Å². The average Bonchev–Trinajstić information content (AvgIpc) is 2.28. The molecule has 2 N–H and O–H groups in total. The summed E-state index contributed by atoms with van der Waals surface area (Å²) >= 11 is 0. The maximum Gasteiger partial charge on any atom is 0.425 e. The summed E-state index contributed by atoms with van der Waals surface area (Å²) in [4.78, 5) is 10.1. The summed E-state index contributed by atoms with van der Waals surface area (Å²) in [6.07, 6.45) is 5.57. The summed E-state index contributed by atoms with van der Waals surface area (Å²) in [6.45, 7) is 0. The third-order valence-electron chi connectivity index (χ3n) is 1.99. The standard InChI is InChI=1S/C8H14N2O2/c11-8(12)10-9-7-5-3-1-2-4-6-7/h10H,1-6H2,(H,11,12). The van der Waals surface area contributed by atoms with E-state index in [0.29, 0.717) is 0 Å². The summed E-state index contributed by atoms with van der Waals surface area (Å²) in [6, 6.07) is 0. The molecule has 0 heterocycles. The number of nitrogens with zero attached hydrogens (tertiary/aromatic N) is 1. The van der Waals surface area contributed by atoms with E-state index in [2.05, 4.69) is 5.10 Å². The van der Waals surface area contributed by atoms with Crippen molar-refractivity contribution in [3.8, 4) is 0 Å². The van der Waals surface area contributed by atoms with Gasteiger partial charge in [-0.15, -0.1) is 0 Å². The molecular formula is C8H14N2O2. The summed E-state index contributed by atoms with van der Waals surface area (Å²) in [5.74, 6) is 0. The first-order chi connectivity index (χ1) is 5.79. The highest BCUT2D eigenvalue weighted by atomic mass is 16.4. The molecule has 0 aromatic carbocycles. The minimum atomic E-state index is -1.08. The van der Waals surface area contributed by atoms with Gasteiger partial charge in [0.05, 0.1) is 0 Å². The van der Waals surface area contributed by atoms with Crippen LogP contribution < -0.4 is 5.43 Å². The molecule has 68 valence electrons. The number of nitrogens with one attached hydrogen (secondary N) is 1. The predicted octanol–water partition coefficient (Wildman–Crippen LogP) is 1.96. The van der Waals surface area contributed by atoms with Gasteiger partial charge in [-0.05, 0) is 25.7 Å². The Balaban J connectivity index is 2.37. The summed E-state index contributed by atoms with van der Waals surface area (Å²) < 4.78 is 0. The third-order valence-corrected chi connectivity index (χ3v) is 1.99. The Labute approximate surface area is 71.7 Å². The summed E-state index contributed by atoms with van der Waals surface area (Å²) in [5, 5.41) is 12.1. The Morgan fingerprint density at radius 3 is 2.33 bits per heavy atom. The number of carbonyl (C=O) groups is 1. The predicted molar refractivity (Wildman–Crippen MR) is 46.3 cm³/mol. The van der Waals surface area contributed by atoms with Crippen molar-refractivity contribution in [1.82, 2.24) is 5.43 Å². The lowest BCUT2D eigenvalue weighted by Crippen LogP contribution is -2.16. The van der Waals surface area contributed by atoms with Crippen molar-refractivity contribution >= 4 is 11.8 Å². The van der Waals surface area contributed by atoms with Gasteiger partial charge in [-0.25, -0.2) is 10.2 Å². The van der Waals surface area contributed by atoms with E-state index in [1.807, 2.05) is 5.43 Å². The van der Waals surface area contributed by atoms with Crippen LogP contribution in [0.4, 0.5) is 4.79 Å². The number of rotatable bonds is 1. The molecule has 4 heteroatoms. The topological polar surface area (TPSA) is 61.7 Å². The molecule has 12 heavy (non-hydrogen) atoms. The number of carboxylic acid groups (broad SMARTS) is 1. The van der Waals surface area contributed by atoms with Crippen molar-refractivity contribution < 1.29 is 9.90 Å². The second-order valence-corrected chi connectivity index (χ2v) is 3.01. The molecule has 0 spiro atoms. The van der Waals surface area contributed by atoms with Crippen molar-refractivity contribution in [2.24, 2.45) is 5.10 Å². The molecule has 1 saturated carbocycles. The number of hydrazone groups is 1. The van der Waals surface area contributed by atoms with E-state index >= 15 is 0 Å². The van der Waals surface area contributed by atoms with Crippen LogP contribution in [0.25, 0.3) is 0 Å². The van der Waals surface area contributed by atoms with Gasteiger partial charge in [-0.3, -0.25) is 0 Å². The molecule has 1 aliphatic rings. The lowest BCUT2D eigenvalue weighted by molar-refractivity contribution is 0.195. The van der Waals surface area contributed by atoms with Gasteiger partial charge in [-0.1, -0.05) is 12.8 Å². The molecule has 0 unspecified atom stereocenters. The van der Waals surface area contributed by atoms with Crippen LogP contribution in [0.2, 0.25) is 0 Å². The normalized spacial score (nSPS) is 18.2. The first-order valence-electron chi connectivity index (χ1n) is 4.33. The molecule has 0 bridgehead atoms. The first-order valence-corrected chi connectivity index (χ1v) is 4.33. The van der Waals surface area contributed by atoms with E-state index in [0.717, 1.165) is 31.4 Å². The van der Waals surface area contributed by atoms with Crippen LogP contribution in [-0.2, 0) is 0 Å². The number of amides is 1. The van der Waals surface area contributed by atoms with Crippen LogP contribution in [-0.4, -0.2) is 16.9 Å². The molecule has 0 atom stereocenters. The Morgan fingerprint density at radius 2 is 1.83 bits per heavy atom. The molecule has 1 fully saturated rings. The van der Waals surface area contributed by atoms with Crippen molar-refractivity contribution in [1.29, 1.82) is 0 Å². The Morgan fingerprint density at radius 1 is 1.25 bits per heavy atom. The molecule has 4 nitrogen and oxygen atoms in total. The van der Waals surface area contributed by atoms with Crippen LogP contribution in [0.3, 0.4) is 0 Å². The van der Waals surface area contributed by atoms with E-state index in [-0.39, 0.29) is 0 Å². The lowest BCUT2D eigenvalue weighted by atomic mass is 10.2. The maximum absolute atomic E-state index is 10.1. The molecule has 0 saturated heterocycles. The second kappa shape index (κ2) is 4.74. The van der Waals surface area contributed by atoms with E-state index < -0.39 is 6.09 Å². The lowest BCUT2D eigenvalue weighted by Gasteiger charge is -1.99. The molecule has 0 aromatic rings. The molecule has 1 rings (SSSR count). The molecule has 0 aromatic heterocycles. The highest BCUT2D eigenvalue weighted by Gasteiger charge is 2.05. The Kier molecular flexibility index (Phi) is 3.57. The maximum atomic E-state index is 10.1. The van der Waals surface area contributed by atoms with E-state index in [4.69, 9.17) is 5.11 Å². The second-order valence-electron chi connectivity index (χ2n) is 3.01. The van der Waals surface area contributed by atoms with Crippen LogP contribution >= 0.6 is 0 Å². The highest BCUT2D eigenvalue weighted by molar-refractivity contribution is 5.85. The van der Waals surface area contributed by atoms with Crippen LogP contribution in [0, 0.1) is 0 Å². The fraction of sp³-hybridized carbons (Fsp3) is 0.750. The quantitative estimate of drug-likeness (QED) is 0.466. The largest absolute Gasteiger partial charge is 0.464 e. The Hall–Kier alpha value is -1.06. The van der Waals surface area contributed by atoms with Gasteiger partial charge in [-0.2, -0.15) is 5.10 Å². The van der Waals surface area contributed by atoms with Crippen LogP contribution in [0.15, 0.2) is 5.10 Å². The molecule has 1 amide bonds. The van der Waals surface area contributed by atoms with E-state index in [9.17, 15) is 4.79 Å². The molecule has 0 aliphatic heterocycles. The zero-order valence-electron chi connectivity index (χ0n) is 7.05. The smallest absolute Gasteiger partial charge is 0.425 e. The zero-order chi connectivity index (χ0) is 8.81. The average molecular weight is 170 g/mol. The minimum Gasteiger partial charge on any atom is -0.464 e. The number of hydrogen-bond acceptors (Lipinski definition) is 2. The van der Waals surface area contributed by atoms with Gasteiger partial charge >= 0.3 is 6.09 Å². The van der Waals surface area contributed by atoms with Gasteiger partial charge < -0.3 is 5.11 Å². The summed E-state index contributed by atoms with van der Waals surface area (Å²) in [5.41, 5.74) is 3.04. The molecule has 0 radical (unpaired) electrons. The monoisotopic (exact) mass is 170 g/mol. The van der Waals surface area contributed by atoms with Gasteiger partial charge in [0.15, 0.2) is 0 Å². The van der Waals surface area contributed by atoms with Crippen molar-refractivity contribution in [2.75, 3.05) is 0 Å². The minimum absolute atomic E-state index is 0.945. The van der Waals surface area contributed by atoms with Crippen molar-refractivity contribution in [3.63, 3.8) is 0 Å². The van der Waals surface area contributed by atoms with Crippen molar-refractivity contribution in [2.45, 2.75) is 38.5 Å². The highest BCUT2D eigenvalue weighted by Crippen LogP contribution is 2.14. The molecular weight excluding hydrogens is 156 g/mol. The molecule has 1 aliphatic carbocycles. The van der Waals surface area contributed by atoms with Crippen LogP contribution in [0.1, 0.15) is 38.5 Å². The van der Waals surface area contributed by atoms with Gasteiger partial charge in [0.1, 0.15) is 0 Å². The SMILES string of the molecule is O=C(O)NN=C1CCCCCC1. The van der Waals surface area contributed by atoms with Crippen LogP contribution in [0.5, 0.6) is 0 Å². The first kappa shape index (κ1) is 9.03. The van der Waals surface area contributed by atoms with E-state index in [1.165, 1.54) is 12.8 Å². The van der Waals surface area contributed by atoms with Crippen molar-refractivity contribution in [3.05, 3.63) is 0 Å².